The number of rotatable bonds is 8. The number of aromatic nitrogens is 4. The summed E-state index contributed by atoms with van der Waals surface area (Å²) in [7, 11) is -4.98. The van der Waals surface area contributed by atoms with Crippen molar-refractivity contribution in [3.63, 3.8) is 0 Å². The van der Waals surface area contributed by atoms with Gasteiger partial charge < -0.3 is 33.8 Å². The molecule has 2 fully saturated rings. The van der Waals surface area contributed by atoms with Crippen LogP contribution in [0.4, 0.5) is 10.6 Å². The number of urea groups is 1. The fourth-order valence-corrected chi connectivity index (χ4v) is 4.61. The first-order valence-electron chi connectivity index (χ1n) is 11.2. The zero-order valence-corrected chi connectivity index (χ0v) is 20.0. The van der Waals surface area contributed by atoms with Gasteiger partial charge in [-0.3, -0.25) is 14.4 Å². The van der Waals surface area contributed by atoms with Crippen molar-refractivity contribution in [2.75, 3.05) is 18.5 Å². The van der Waals surface area contributed by atoms with Gasteiger partial charge in [0.2, 0.25) is 0 Å². The summed E-state index contributed by atoms with van der Waals surface area (Å²) >= 11 is 0. The molecular formula is C21H24N6O8P-. The van der Waals surface area contributed by atoms with Gasteiger partial charge >= 0.3 is 6.03 Å². The van der Waals surface area contributed by atoms with Gasteiger partial charge in [-0.1, -0.05) is 30.3 Å². The van der Waals surface area contributed by atoms with Crippen LogP contribution >= 0.6 is 7.82 Å². The number of carbonyl (C=O) groups excluding carboxylic acids is 1. The van der Waals surface area contributed by atoms with Crippen molar-refractivity contribution in [2.24, 2.45) is 0 Å². The molecular weight excluding hydrogens is 495 g/mol. The summed E-state index contributed by atoms with van der Waals surface area (Å²) in [6, 6.07) is 9.16. The molecule has 0 aliphatic carbocycles. The van der Waals surface area contributed by atoms with Gasteiger partial charge in [0, 0.05) is 13.0 Å². The van der Waals surface area contributed by atoms with Crippen LogP contribution in [0.1, 0.15) is 18.7 Å². The van der Waals surface area contributed by atoms with Gasteiger partial charge in [-0.2, -0.15) is 0 Å². The minimum Gasteiger partial charge on any atom is -0.756 e. The van der Waals surface area contributed by atoms with E-state index in [1.54, 1.807) is 11.5 Å². The number of nitrogens with one attached hydrogen (secondary N) is 2. The molecule has 36 heavy (non-hydrogen) atoms. The highest BCUT2D eigenvalue weighted by Crippen LogP contribution is 2.43. The predicted molar refractivity (Wildman–Crippen MR) is 121 cm³/mol. The normalized spacial score (nSPS) is 27.0. The Morgan fingerprint density at radius 1 is 1.19 bits per heavy atom. The van der Waals surface area contributed by atoms with Crippen molar-refractivity contribution < 1.29 is 37.9 Å². The average molecular weight is 519 g/mol. The number of nitrogens with zero attached hydrogens (tertiary/aromatic N) is 4. The number of phosphoric ester groups is 1. The number of hydrogen-bond acceptors (Lipinski definition) is 10. The van der Waals surface area contributed by atoms with Crippen molar-refractivity contribution in [3.05, 3.63) is 48.5 Å². The van der Waals surface area contributed by atoms with E-state index in [9.17, 15) is 14.3 Å². The molecule has 2 saturated heterocycles. The number of carbonyl (C=O) groups is 1. The van der Waals surface area contributed by atoms with Gasteiger partial charge in [-0.25, -0.2) is 19.7 Å². The van der Waals surface area contributed by atoms with Gasteiger partial charge in [-0.05, 0) is 12.5 Å². The summed E-state index contributed by atoms with van der Waals surface area (Å²) in [5.74, 6) is 0.206. The molecule has 192 valence electrons. The van der Waals surface area contributed by atoms with Crippen LogP contribution in [0.5, 0.6) is 0 Å². The van der Waals surface area contributed by atoms with Crippen molar-refractivity contribution in [1.29, 1.82) is 0 Å². The van der Waals surface area contributed by atoms with Crippen molar-refractivity contribution in [3.8, 4) is 0 Å². The number of fused-ring (bicyclic) bond motifs is 2. The Labute approximate surface area is 205 Å². The fourth-order valence-electron chi connectivity index (χ4n) is 4.27. The number of ether oxygens (including phenoxy) is 3. The molecule has 0 bridgehead atoms. The monoisotopic (exact) mass is 519 g/mol. The van der Waals surface area contributed by atoms with E-state index in [0.29, 0.717) is 24.1 Å². The van der Waals surface area contributed by atoms with E-state index >= 15 is 0 Å². The highest BCUT2D eigenvalue weighted by Gasteiger charge is 2.54. The molecule has 2 amide bonds. The Kier molecular flexibility index (Phi) is 6.99. The minimum atomic E-state index is -4.98. The van der Waals surface area contributed by atoms with E-state index < -0.39 is 51.3 Å². The predicted octanol–water partition coefficient (Wildman–Crippen LogP) is 0.695. The number of phosphoric acid groups is 1. The van der Waals surface area contributed by atoms with E-state index in [1.165, 1.54) is 12.7 Å². The maximum absolute atomic E-state index is 12.0. The summed E-state index contributed by atoms with van der Waals surface area (Å²) in [5.41, 5.74) is 1.67. The third-order valence-electron chi connectivity index (χ3n) is 5.75. The van der Waals surface area contributed by atoms with E-state index in [2.05, 4.69) is 30.1 Å². The zero-order valence-electron chi connectivity index (χ0n) is 19.1. The molecule has 14 nitrogen and oxygen atoms in total. The molecule has 3 N–H and O–H groups in total. The van der Waals surface area contributed by atoms with Crippen LogP contribution in [-0.2, 0) is 29.7 Å². The molecule has 6 atom stereocenters. The lowest BCUT2D eigenvalue weighted by Crippen LogP contribution is -2.32. The molecule has 4 heterocycles. The van der Waals surface area contributed by atoms with Crippen molar-refractivity contribution in [2.45, 2.75) is 44.2 Å². The van der Waals surface area contributed by atoms with Crippen LogP contribution in [0.2, 0.25) is 0 Å². The molecule has 2 aromatic heterocycles. The van der Waals surface area contributed by atoms with Crippen molar-refractivity contribution in [1.82, 2.24) is 24.8 Å². The summed E-state index contributed by atoms with van der Waals surface area (Å²) in [5, 5.41) is 5.25. The molecule has 0 radical (unpaired) electrons. The first-order chi connectivity index (χ1) is 17.3. The second-order valence-electron chi connectivity index (χ2n) is 8.18. The molecule has 2 aliphatic rings. The van der Waals surface area contributed by atoms with Crippen molar-refractivity contribution >= 4 is 30.8 Å². The topological polar surface area (TPSA) is 182 Å². The second-order valence-corrected chi connectivity index (χ2v) is 9.38. The van der Waals surface area contributed by atoms with Gasteiger partial charge in [0.25, 0.3) is 7.82 Å². The first kappa shape index (κ1) is 24.7. The second kappa shape index (κ2) is 10.2. The standard InChI is InChI=1S/C21H25N6O8P/c1-2-22-21(28)26-18-15-19(24-10-23-18)27(11-25-15)20-17-16(13(33-20)9-32-36(29,30)31)34-14(35-17)8-12-6-4-3-5-7-12/h3-7,10-11,13-14,16-17,20H,2,8-9H2,1H3,(H2,29,30,31)(H2,22,23,24,26,28)/p-1/t13-,14?,16?,17+,20-/m1/s1. The Morgan fingerprint density at radius 2 is 1.97 bits per heavy atom. The summed E-state index contributed by atoms with van der Waals surface area (Å²) < 4.78 is 35.7. The lowest BCUT2D eigenvalue weighted by molar-refractivity contribution is -0.224. The van der Waals surface area contributed by atoms with Crippen LogP contribution in [0, 0.1) is 0 Å². The molecule has 3 unspecified atom stereocenters. The van der Waals surface area contributed by atoms with Gasteiger partial charge in [0.15, 0.2) is 29.5 Å². The Morgan fingerprint density at radius 3 is 2.72 bits per heavy atom. The lowest BCUT2D eigenvalue weighted by atomic mass is 10.1. The van der Waals surface area contributed by atoms with Gasteiger partial charge in [-0.15, -0.1) is 0 Å². The first-order valence-corrected chi connectivity index (χ1v) is 12.7. The van der Waals surface area contributed by atoms with Crippen LogP contribution in [0.15, 0.2) is 43.0 Å². The number of anilines is 1. The van der Waals surface area contributed by atoms with Gasteiger partial charge in [0.1, 0.15) is 24.6 Å². The van der Waals surface area contributed by atoms with E-state index in [-0.39, 0.29) is 5.82 Å². The molecule has 3 aromatic rings. The smallest absolute Gasteiger partial charge is 0.320 e. The number of amides is 2. The van der Waals surface area contributed by atoms with Crippen LogP contribution in [0.25, 0.3) is 11.2 Å². The number of hydrogen-bond donors (Lipinski definition) is 3. The highest BCUT2D eigenvalue weighted by atomic mass is 31.2. The number of imidazole rings is 1. The quantitative estimate of drug-likeness (QED) is 0.356. The molecule has 0 saturated carbocycles. The third kappa shape index (κ3) is 5.25. The number of benzene rings is 1. The summed E-state index contributed by atoms with van der Waals surface area (Å²) in [6.07, 6.45) is -0.462. The zero-order chi connectivity index (χ0) is 25.3. The fraction of sp³-hybridized carbons (Fsp3) is 0.429. The van der Waals surface area contributed by atoms with E-state index in [4.69, 9.17) is 19.1 Å². The van der Waals surface area contributed by atoms with Crippen LogP contribution in [0.3, 0.4) is 0 Å². The maximum atomic E-state index is 12.0. The average Bonchev–Trinajstić information content (AvgIpc) is 3.52. The summed E-state index contributed by atoms with van der Waals surface area (Å²) in [4.78, 5) is 45.0. The molecule has 1 aromatic carbocycles. The molecule has 15 heteroatoms. The summed E-state index contributed by atoms with van der Waals surface area (Å²) in [6.45, 7) is 1.75. The largest absolute Gasteiger partial charge is 0.756 e. The maximum Gasteiger partial charge on any atom is 0.320 e. The Balaban J connectivity index is 1.41. The van der Waals surface area contributed by atoms with Crippen LogP contribution in [-0.4, -0.2) is 68.2 Å². The van der Waals surface area contributed by atoms with E-state index in [1.807, 2.05) is 30.3 Å². The molecule has 2 aliphatic heterocycles. The Bertz CT molecular complexity index is 1270. The van der Waals surface area contributed by atoms with Gasteiger partial charge in [0.05, 0.1) is 12.9 Å². The van der Waals surface area contributed by atoms with E-state index in [0.717, 1.165) is 5.56 Å². The lowest BCUT2D eigenvalue weighted by Gasteiger charge is -2.23. The SMILES string of the molecule is CCNC(=O)Nc1ncnc2c1ncn2[C@@H]1O[C@H](COP(=O)([O-])O)C2OC(Cc3ccccc3)O[C@@H]21. The Hall–Kier alpha value is -2.97. The highest BCUT2D eigenvalue weighted by molar-refractivity contribution is 7.44. The molecule has 0 spiro atoms. The minimum absolute atomic E-state index is 0.206. The molecule has 5 rings (SSSR count). The van der Waals surface area contributed by atoms with Crippen LogP contribution < -0.4 is 15.5 Å². The third-order valence-corrected chi connectivity index (χ3v) is 6.23.